The molecule has 2 heterocycles. The maximum absolute atomic E-state index is 12.6. The monoisotopic (exact) mass is 386 g/mol. The molecular formula is C22H26O6. The van der Waals surface area contributed by atoms with E-state index in [0.29, 0.717) is 18.4 Å². The number of carbonyl (C=O) groups is 2. The van der Waals surface area contributed by atoms with Crippen LogP contribution in [0.1, 0.15) is 55.1 Å². The van der Waals surface area contributed by atoms with Gasteiger partial charge < -0.3 is 19.3 Å². The summed E-state index contributed by atoms with van der Waals surface area (Å²) >= 11 is 0. The number of hydrogen-bond donors (Lipinski definition) is 1. The first-order valence-electron chi connectivity index (χ1n) is 9.43. The molecule has 0 aromatic heterocycles. The fraction of sp³-hybridized carbons (Fsp3) is 0.455. The van der Waals surface area contributed by atoms with Crippen LogP contribution in [-0.2, 0) is 19.0 Å². The highest BCUT2D eigenvalue weighted by Crippen LogP contribution is 2.32. The predicted molar refractivity (Wildman–Crippen MR) is 104 cm³/mol. The lowest BCUT2D eigenvalue weighted by Crippen LogP contribution is -2.30. The summed E-state index contributed by atoms with van der Waals surface area (Å²) in [6, 6.07) is 3.34. The van der Waals surface area contributed by atoms with Crippen molar-refractivity contribution in [2.75, 3.05) is 0 Å². The van der Waals surface area contributed by atoms with Gasteiger partial charge in [-0.1, -0.05) is 24.3 Å². The third-order valence-corrected chi connectivity index (χ3v) is 4.68. The lowest BCUT2D eigenvalue weighted by Gasteiger charge is -2.16. The Morgan fingerprint density at radius 3 is 2.54 bits per heavy atom. The number of esters is 1. The summed E-state index contributed by atoms with van der Waals surface area (Å²) < 4.78 is 17.1. The van der Waals surface area contributed by atoms with Crippen molar-refractivity contribution in [3.63, 3.8) is 0 Å². The molecule has 2 aliphatic rings. The molecule has 150 valence electrons. The van der Waals surface area contributed by atoms with Crippen molar-refractivity contribution >= 4 is 17.8 Å². The lowest BCUT2D eigenvalue weighted by atomic mass is 10.0. The van der Waals surface area contributed by atoms with Gasteiger partial charge in [0.15, 0.2) is 11.6 Å². The average molecular weight is 386 g/mol. The molecule has 6 heteroatoms. The molecule has 1 unspecified atom stereocenters. The fourth-order valence-corrected chi connectivity index (χ4v) is 3.49. The van der Waals surface area contributed by atoms with Crippen molar-refractivity contribution in [2.24, 2.45) is 0 Å². The number of rotatable bonds is 0. The van der Waals surface area contributed by atoms with Gasteiger partial charge in [-0.15, -0.1) is 0 Å². The van der Waals surface area contributed by atoms with Crippen LogP contribution >= 0.6 is 0 Å². The summed E-state index contributed by atoms with van der Waals surface area (Å²) in [5.74, 6) is -1.73. The molecule has 6 nitrogen and oxygen atoms in total. The number of aromatic hydroxyl groups is 1. The molecule has 2 aliphatic heterocycles. The van der Waals surface area contributed by atoms with Gasteiger partial charge in [-0.2, -0.15) is 0 Å². The van der Waals surface area contributed by atoms with E-state index < -0.39 is 30.1 Å². The number of phenolic OH excluding ortho intramolecular Hbond substituents is 1. The maximum Gasteiger partial charge on any atom is 0.342 e. The Kier molecular flexibility index (Phi) is 5.72. The van der Waals surface area contributed by atoms with Gasteiger partial charge in [-0.05, 0) is 57.4 Å². The third-order valence-electron chi connectivity index (χ3n) is 4.68. The number of aryl methyl sites for hydroxylation is 1. The van der Waals surface area contributed by atoms with Gasteiger partial charge >= 0.3 is 5.97 Å². The van der Waals surface area contributed by atoms with Crippen molar-refractivity contribution < 1.29 is 28.9 Å². The van der Waals surface area contributed by atoms with Gasteiger partial charge in [0, 0.05) is 6.42 Å². The standard InChI is InChI=1S/C22H26O6/c1-13-11-15-8-6-10-18-20(28-22(3,4)27-18)16(23)9-5-7-14(2)26-21(25)19(15)17(24)12-13/h5-6,8-9,11-12,14,18,20,24H,7,10H2,1-4H3/b8-6+,9-5-/t14-,18-,20?/m0/s1. The third kappa shape index (κ3) is 4.51. The van der Waals surface area contributed by atoms with E-state index in [0.717, 1.165) is 5.56 Å². The number of ether oxygens (including phenoxy) is 3. The summed E-state index contributed by atoms with van der Waals surface area (Å²) in [5.41, 5.74) is 1.51. The van der Waals surface area contributed by atoms with Crippen LogP contribution in [0.3, 0.4) is 0 Å². The Bertz CT molecular complexity index is 836. The van der Waals surface area contributed by atoms with E-state index in [-0.39, 0.29) is 17.1 Å². The van der Waals surface area contributed by atoms with E-state index in [4.69, 9.17) is 14.2 Å². The normalized spacial score (nSPS) is 29.9. The number of carbonyl (C=O) groups excluding carboxylic acids is 2. The Morgan fingerprint density at radius 1 is 1.07 bits per heavy atom. The molecule has 1 N–H and O–H groups in total. The van der Waals surface area contributed by atoms with Gasteiger partial charge in [0.2, 0.25) is 0 Å². The van der Waals surface area contributed by atoms with Gasteiger partial charge in [-0.3, -0.25) is 4.79 Å². The Morgan fingerprint density at radius 2 is 1.79 bits per heavy atom. The molecule has 1 aromatic carbocycles. The Labute approximate surface area is 164 Å². The molecule has 1 saturated heterocycles. The van der Waals surface area contributed by atoms with Crippen LogP contribution in [0.25, 0.3) is 6.08 Å². The second-order valence-corrected chi connectivity index (χ2v) is 7.74. The van der Waals surface area contributed by atoms with Crippen LogP contribution < -0.4 is 0 Å². The number of fused-ring (bicyclic) bond motifs is 2. The molecule has 0 bridgehead atoms. The van der Waals surface area contributed by atoms with Crippen LogP contribution in [0.5, 0.6) is 5.75 Å². The second-order valence-electron chi connectivity index (χ2n) is 7.74. The summed E-state index contributed by atoms with van der Waals surface area (Å²) in [6.07, 6.45) is 5.90. The summed E-state index contributed by atoms with van der Waals surface area (Å²) in [4.78, 5) is 25.2. The van der Waals surface area contributed by atoms with Crippen LogP contribution in [0.15, 0.2) is 30.4 Å². The number of phenols is 1. The van der Waals surface area contributed by atoms with E-state index in [1.54, 1.807) is 32.9 Å². The minimum atomic E-state index is -0.847. The molecule has 1 fully saturated rings. The number of ketones is 1. The van der Waals surface area contributed by atoms with Crippen LogP contribution in [0, 0.1) is 6.92 Å². The molecule has 0 amide bonds. The quantitative estimate of drug-likeness (QED) is 0.685. The van der Waals surface area contributed by atoms with E-state index in [2.05, 4.69) is 0 Å². The zero-order chi connectivity index (χ0) is 20.5. The Hall–Kier alpha value is -2.44. The Balaban J connectivity index is 1.99. The zero-order valence-corrected chi connectivity index (χ0v) is 16.6. The largest absolute Gasteiger partial charge is 0.507 e. The second kappa shape index (κ2) is 7.89. The van der Waals surface area contributed by atoms with Crippen LogP contribution in [0.2, 0.25) is 0 Å². The molecular weight excluding hydrogens is 360 g/mol. The first-order chi connectivity index (χ1) is 13.2. The van der Waals surface area contributed by atoms with E-state index in [1.807, 2.05) is 19.1 Å². The van der Waals surface area contributed by atoms with Crippen molar-refractivity contribution in [3.05, 3.63) is 47.1 Å². The molecule has 28 heavy (non-hydrogen) atoms. The summed E-state index contributed by atoms with van der Waals surface area (Å²) in [7, 11) is 0. The number of hydrogen-bond acceptors (Lipinski definition) is 6. The summed E-state index contributed by atoms with van der Waals surface area (Å²) in [5, 5.41) is 10.3. The molecule has 0 spiro atoms. The van der Waals surface area contributed by atoms with Crippen LogP contribution in [0.4, 0.5) is 0 Å². The highest BCUT2D eigenvalue weighted by molar-refractivity contribution is 5.97. The minimum absolute atomic E-state index is 0.117. The van der Waals surface area contributed by atoms with E-state index in [9.17, 15) is 14.7 Å². The molecule has 3 atom stereocenters. The predicted octanol–water partition coefficient (Wildman–Crippen LogP) is 3.70. The van der Waals surface area contributed by atoms with Gasteiger partial charge in [-0.25, -0.2) is 4.79 Å². The summed E-state index contributed by atoms with van der Waals surface area (Å²) in [6.45, 7) is 7.13. The van der Waals surface area contributed by atoms with Crippen LogP contribution in [-0.4, -0.2) is 41.0 Å². The zero-order valence-electron chi connectivity index (χ0n) is 16.6. The van der Waals surface area contributed by atoms with Crippen molar-refractivity contribution in [3.8, 4) is 5.75 Å². The van der Waals surface area contributed by atoms with Gasteiger partial charge in [0.25, 0.3) is 0 Å². The number of benzene rings is 1. The van der Waals surface area contributed by atoms with Crippen molar-refractivity contribution in [1.29, 1.82) is 0 Å². The highest BCUT2D eigenvalue weighted by atomic mass is 16.8. The highest BCUT2D eigenvalue weighted by Gasteiger charge is 2.43. The molecule has 0 saturated carbocycles. The number of cyclic esters (lactones) is 1. The smallest absolute Gasteiger partial charge is 0.342 e. The SMILES string of the molecule is Cc1cc(O)c2c(c1)/C=C/C[C@@H]1OC(C)(C)OC1C(=O)/C=C\C[C@H](C)OC2=O. The average Bonchev–Trinajstić information content (AvgIpc) is 2.88. The molecule has 3 rings (SSSR count). The van der Waals surface area contributed by atoms with E-state index >= 15 is 0 Å². The van der Waals surface area contributed by atoms with Crippen molar-refractivity contribution in [2.45, 2.75) is 64.6 Å². The molecule has 0 aliphatic carbocycles. The molecule has 1 aromatic rings. The van der Waals surface area contributed by atoms with Gasteiger partial charge in [0.05, 0.1) is 6.10 Å². The first kappa shape index (κ1) is 20.3. The molecule has 0 radical (unpaired) electrons. The minimum Gasteiger partial charge on any atom is -0.507 e. The topological polar surface area (TPSA) is 82.1 Å². The van der Waals surface area contributed by atoms with Crippen molar-refractivity contribution in [1.82, 2.24) is 0 Å². The lowest BCUT2D eigenvalue weighted by molar-refractivity contribution is -0.152. The van der Waals surface area contributed by atoms with E-state index in [1.165, 1.54) is 12.1 Å². The fourth-order valence-electron chi connectivity index (χ4n) is 3.49. The first-order valence-corrected chi connectivity index (χ1v) is 9.43. The van der Waals surface area contributed by atoms with Gasteiger partial charge in [0.1, 0.15) is 23.5 Å². The maximum atomic E-state index is 12.6.